The van der Waals surface area contributed by atoms with Crippen LogP contribution in [0.4, 0.5) is 10.2 Å². The Morgan fingerprint density at radius 2 is 2.10 bits per heavy atom. The lowest BCUT2D eigenvalue weighted by Crippen LogP contribution is -2.13. The van der Waals surface area contributed by atoms with Crippen LogP contribution in [-0.2, 0) is 6.54 Å². The molecule has 0 aliphatic carbocycles. The molecule has 1 N–H and O–H groups in total. The van der Waals surface area contributed by atoms with Crippen LogP contribution in [0.15, 0.2) is 30.5 Å². The van der Waals surface area contributed by atoms with Gasteiger partial charge in [0.15, 0.2) is 0 Å². The van der Waals surface area contributed by atoms with Crippen LogP contribution in [0.1, 0.15) is 15.9 Å². The molecule has 1 aromatic carbocycles. The maximum Gasteiger partial charge on any atom is 0.254 e. The van der Waals surface area contributed by atoms with Crippen LogP contribution in [0.25, 0.3) is 11.1 Å². The molecule has 5 heteroatoms. The number of amides is 1. The van der Waals surface area contributed by atoms with Gasteiger partial charge in [0, 0.05) is 26.8 Å². The van der Waals surface area contributed by atoms with Gasteiger partial charge in [-0.1, -0.05) is 6.07 Å². The molecule has 1 aromatic heterocycles. The van der Waals surface area contributed by atoms with Crippen molar-refractivity contribution < 1.29 is 9.18 Å². The zero-order valence-corrected chi connectivity index (χ0v) is 11.3. The van der Waals surface area contributed by atoms with Crippen LogP contribution in [-0.4, -0.2) is 25.0 Å². The van der Waals surface area contributed by atoms with E-state index in [-0.39, 0.29) is 11.5 Å². The summed E-state index contributed by atoms with van der Waals surface area (Å²) in [6, 6.07) is 6.84. The van der Waals surface area contributed by atoms with E-state index in [9.17, 15) is 9.18 Å². The maximum atomic E-state index is 13.8. The van der Waals surface area contributed by atoms with Crippen molar-refractivity contribution in [3.05, 3.63) is 47.4 Å². The van der Waals surface area contributed by atoms with E-state index < -0.39 is 5.82 Å². The molecular weight excluding hydrogens is 257 g/mol. The standard InChI is InChI=1S/C15H14FN3O/c1-19(2)13-7-9(5-6-17-13)10-3-4-12(16)14-11(10)8-18-15(14)20/h3-7H,8H2,1-2H3,(H,18,20). The van der Waals surface area contributed by atoms with E-state index in [2.05, 4.69) is 10.3 Å². The van der Waals surface area contributed by atoms with E-state index in [1.807, 2.05) is 31.1 Å². The Kier molecular flexibility index (Phi) is 2.89. The Bertz CT molecular complexity index is 698. The number of hydrogen-bond acceptors (Lipinski definition) is 3. The number of benzene rings is 1. The molecule has 0 fully saturated rings. The van der Waals surface area contributed by atoms with Gasteiger partial charge in [0.1, 0.15) is 11.6 Å². The second-order valence-corrected chi connectivity index (χ2v) is 4.93. The minimum absolute atomic E-state index is 0.158. The average Bonchev–Trinajstić information content (AvgIpc) is 2.82. The summed E-state index contributed by atoms with van der Waals surface area (Å²) in [5, 5.41) is 2.67. The average molecular weight is 271 g/mol. The lowest BCUT2D eigenvalue weighted by Gasteiger charge is -2.13. The Balaban J connectivity index is 2.17. The highest BCUT2D eigenvalue weighted by molar-refractivity contribution is 6.00. The third-order valence-electron chi connectivity index (χ3n) is 3.43. The summed E-state index contributed by atoms with van der Waals surface area (Å²) in [6.45, 7) is 0.362. The number of carbonyl (C=O) groups is 1. The van der Waals surface area contributed by atoms with E-state index in [1.165, 1.54) is 6.07 Å². The maximum absolute atomic E-state index is 13.8. The highest BCUT2D eigenvalue weighted by atomic mass is 19.1. The first-order valence-corrected chi connectivity index (χ1v) is 6.31. The third kappa shape index (κ3) is 1.91. The van der Waals surface area contributed by atoms with E-state index >= 15 is 0 Å². The van der Waals surface area contributed by atoms with E-state index in [1.54, 1.807) is 12.3 Å². The van der Waals surface area contributed by atoms with Crippen molar-refractivity contribution in [1.29, 1.82) is 0 Å². The zero-order valence-electron chi connectivity index (χ0n) is 11.3. The van der Waals surface area contributed by atoms with Crippen molar-refractivity contribution in [2.75, 3.05) is 19.0 Å². The molecule has 0 radical (unpaired) electrons. The van der Waals surface area contributed by atoms with Crippen molar-refractivity contribution in [2.45, 2.75) is 6.54 Å². The fourth-order valence-corrected chi connectivity index (χ4v) is 2.41. The van der Waals surface area contributed by atoms with Crippen molar-refractivity contribution in [1.82, 2.24) is 10.3 Å². The van der Waals surface area contributed by atoms with Crippen LogP contribution in [0.5, 0.6) is 0 Å². The lowest BCUT2D eigenvalue weighted by atomic mass is 9.97. The van der Waals surface area contributed by atoms with E-state index in [0.717, 1.165) is 16.9 Å². The first kappa shape index (κ1) is 12.6. The number of anilines is 1. The van der Waals surface area contributed by atoms with Crippen molar-refractivity contribution >= 4 is 11.7 Å². The number of pyridine rings is 1. The van der Waals surface area contributed by atoms with Gasteiger partial charge in [-0.2, -0.15) is 0 Å². The topological polar surface area (TPSA) is 45.2 Å². The van der Waals surface area contributed by atoms with E-state index in [4.69, 9.17) is 0 Å². The molecule has 0 spiro atoms. The largest absolute Gasteiger partial charge is 0.363 e. The predicted octanol–water partition coefficient (Wildman–Crippen LogP) is 2.20. The molecule has 2 heterocycles. The molecule has 2 aromatic rings. The van der Waals surface area contributed by atoms with Crippen LogP contribution in [0, 0.1) is 5.82 Å². The minimum Gasteiger partial charge on any atom is -0.363 e. The molecule has 0 saturated carbocycles. The van der Waals surface area contributed by atoms with E-state index in [0.29, 0.717) is 12.1 Å². The monoisotopic (exact) mass is 271 g/mol. The molecule has 0 unspecified atom stereocenters. The first-order valence-electron chi connectivity index (χ1n) is 6.31. The molecular formula is C15H14FN3O. The Labute approximate surface area is 116 Å². The fourth-order valence-electron chi connectivity index (χ4n) is 2.41. The molecule has 1 amide bonds. The van der Waals surface area contributed by atoms with Crippen LogP contribution in [0.2, 0.25) is 0 Å². The van der Waals surface area contributed by atoms with Gasteiger partial charge in [-0.05, 0) is 34.9 Å². The summed E-state index contributed by atoms with van der Waals surface area (Å²) in [5.41, 5.74) is 2.67. The van der Waals surface area contributed by atoms with Crippen LogP contribution < -0.4 is 10.2 Å². The molecule has 0 saturated heterocycles. The number of rotatable bonds is 2. The summed E-state index contributed by atoms with van der Waals surface area (Å²) >= 11 is 0. The Morgan fingerprint density at radius 1 is 1.30 bits per heavy atom. The van der Waals surface area contributed by atoms with Crippen LogP contribution in [0.3, 0.4) is 0 Å². The van der Waals surface area contributed by atoms with Crippen molar-refractivity contribution in [3.8, 4) is 11.1 Å². The summed E-state index contributed by atoms with van der Waals surface area (Å²) in [4.78, 5) is 17.8. The van der Waals surface area contributed by atoms with Gasteiger partial charge in [-0.3, -0.25) is 4.79 Å². The first-order chi connectivity index (χ1) is 9.58. The van der Waals surface area contributed by atoms with Gasteiger partial charge in [0.25, 0.3) is 5.91 Å². The second kappa shape index (κ2) is 4.59. The normalized spacial score (nSPS) is 13.1. The van der Waals surface area contributed by atoms with Gasteiger partial charge in [0.05, 0.1) is 5.56 Å². The summed E-state index contributed by atoms with van der Waals surface area (Å²) in [5.74, 6) is -0.000244. The molecule has 1 aliphatic heterocycles. The number of nitrogens with one attached hydrogen (secondary N) is 1. The van der Waals surface area contributed by atoms with Crippen molar-refractivity contribution in [3.63, 3.8) is 0 Å². The minimum atomic E-state index is -0.472. The number of nitrogens with zero attached hydrogens (tertiary/aromatic N) is 2. The molecule has 20 heavy (non-hydrogen) atoms. The second-order valence-electron chi connectivity index (χ2n) is 4.93. The fraction of sp³-hybridized carbons (Fsp3) is 0.200. The summed E-state index contributed by atoms with van der Waals surface area (Å²) in [6.07, 6.45) is 1.71. The Hall–Kier alpha value is -2.43. The van der Waals surface area contributed by atoms with Gasteiger partial charge in [0.2, 0.25) is 0 Å². The molecule has 102 valence electrons. The van der Waals surface area contributed by atoms with Gasteiger partial charge >= 0.3 is 0 Å². The highest BCUT2D eigenvalue weighted by Gasteiger charge is 2.26. The molecule has 1 aliphatic rings. The van der Waals surface area contributed by atoms with Gasteiger partial charge in [-0.15, -0.1) is 0 Å². The van der Waals surface area contributed by atoms with Crippen molar-refractivity contribution in [2.24, 2.45) is 0 Å². The number of aromatic nitrogens is 1. The number of hydrogen-bond donors (Lipinski definition) is 1. The van der Waals surface area contributed by atoms with Crippen LogP contribution >= 0.6 is 0 Å². The zero-order chi connectivity index (χ0) is 14.3. The molecule has 0 atom stereocenters. The quantitative estimate of drug-likeness (QED) is 0.910. The molecule has 4 nitrogen and oxygen atoms in total. The third-order valence-corrected chi connectivity index (χ3v) is 3.43. The van der Waals surface area contributed by atoms with Gasteiger partial charge < -0.3 is 10.2 Å². The Morgan fingerprint density at radius 3 is 2.85 bits per heavy atom. The number of halogens is 1. The predicted molar refractivity (Wildman–Crippen MR) is 75.1 cm³/mol. The summed E-state index contributed by atoms with van der Waals surface area (Å²) in [7, 11) is 3.82. The highest BCUT2D eigenvalue weighted by Crippen LogP contribution is 2.31. The molecule has 3 rings (SSSR count). The smallest absolute Gasteiger partial charge is 0.254 e. The number of carbonyl (C=O) groups excluding carboxylic acids is 1. The molecule has 0 bridgehead atoms. The summed E-state index contributed by atoms with van der Waals surface area (Å²) < 4.78 is 13.8. The van der Waals surface area contributed by atoms with Gasteiger partial charge in [-0.25, -0.2) is 9.37 Å². The SMILES string of the molecule is CN(C)c1cc(-c2ccc(F)c3c2CNC3=O)ccn1. The lowest BCUT2D eigenvalue weighted by molar-refractivity contribution is 0.0962. The number of fused-ring (bicyclic) bond motifs is 1.